The molecule has 4 aromatic rings. The van der Waals surface area contributed by atoms with Crippen molar-refractivity contribution in [2.45, 2.75) is 104 Å². The fourth-order valence-corrected chi connectivity index (χ4v) is 4.65. The molecule has 0 radical (unpaired) electrons. The predicted octanol–water partition coefficient (Wildman–Crippen LogP) is 8.79. The number of aliphatic hydroxyl groups excluding tert-OH is 3. The van der Waals surface area contributed by atoms with Gasteiger partial charge in [0, 0.05) is 18.9 Å². The average molecular weight is 809 g/mol. The van der Waals surface area contributed by atoms with E-state index in [-0.39, 0.29) is 24.7 Å². The summed E-state index contributed by atoms with van der Waals surface area (Å²) in [5, 5.41) is 70.9. The summed E-state index contributed by atoms with van der Waals surface area (Å²) in [7, 11) is 0. The Morgan fingerprint density at radius 3 is 0.983 bits per heavy atom. The summed E-state index contributed by atoms with van der Waals surface area (Å²) in [5.74, 6) is -3.42. The lowest BCUT2D eigenvalue weighted by Crippen LogP contribution is -2.31. The number of carboxylic acids is 4. The smallest absolute Gasteiger partial charge is 0.335 e. The Morgan fingerprint density at radius 2 is 0.810 bits per heavy atom. The van der Waals surface area contributed by atoms with Crippen molar-refractivity contribution < 1.29 is 60.0 Å². The van der Waals surface area contributed by atoms with E-state index in [1.165, 1.54) is 0 Å². The fourth-order valence-electron chi connectivity index (χ4n) is 4.65. The van der Waals surface area contributed by atoms with Crippen LogP contribution in [0, 0.1) is 5.92 Å². The van der Waals surface area contributed by atoms with Gasteiger partial charge in [-0.05, 0) is 80.6 Å². The number of carbonyl (C=O) groups is 4. The molecule has 4 aromatic carbocycles. The molecule has 12 nitrogen and oxygen atoms in total. The lowest BCUT2D eigenvalue weighted by molar-refractivity contribution is -0.0175. The van der Waals surface area contributed by atoms with E-state index in [4.69, 9.17) is 25.5 Å². The summed E-state index contributed by atoms with van der Waals surface area (Å²) in [4.78, 5) is 40.8. The number of aliphatic hydroxyl groups is 4. The van der Waals surface area contributed by atoms with Crippen LogP contribution in [-0.2, 0) is 0 Å². The average Bonchev–Trinajstić information content (AvgIpc) is 3.26. The zero-order valence-corrected chi connectivity index (χ0v) is 34.4. The van der Waals surface area contributed by atoms with E-state index in [9.17, 15) is 34.5 Å². The molecule has 12 heteroatoms. The molecule has 0 fully saturated rings. The van der Waals surface area contributed by atoms with Crippen LogP contribution < -0.4 is 0 Å². The molecule has 0 aliphatic carbocycles. The molecular formula is C46H64O12. The quantitative estimate of drug-likeness (QED) is 0.0563. The van der Waals surface area contributed by atoms with Crippen molar-refractivity contribution in [3.8, 4) is 0 Å². The van der Waals surface area contributed by atoms with Crippen LogP contribution in [0.15, 0.2) is 121 Å². The molecule has 58 heavy (non-hydrogen) atoms. The number of hydrogen-bond donors (Lipinski definition) is 8. The highest BCUT2D eigenvalue weighted by Gasteiger charge is 2.24. The van der Waals surface area contributed by atoms with E-state index in [0.717, 1.165) is 44.9 Å². The predicted molar refractivity (Wildman–Crippen MR) is 226 cm³/mol. The van der Waals surface area contributed by atoms with Crippen molar-refractivity contribution >= 4 is 23.9 Å². The number of rotatable bonds is 15. The first-order chi connectivity index (χ1) is 27.6. The Bertz CT molecular complexity index is 1420. The maximum Gasteiger partial charge on any atom is 0.335 e. The van der Waals surface area contributed by atoms with Crippen LogP contribution in [0.3, 0.4) is 0 Å². The fraction of sp³-hybridized carbons (Fsp3) is 0.391. The van der Waals surface area contributed by atoms with E-state index < -0.39 is 29.5 Å². The molecule has 0 heterocycles. The number of hydrogen-bond acceptors (Lipinski definition) is 8. The third kappa shape index (κ3) is 27.2. The number of carboxylic acid groups (broad SMARTS) is 4. The molecule has 0 amide bonds. The highest BCUT2D eigenvalue weighted by atomic mass is 16.4. The second-order valence-electron chi connectivity index (χ2n) is 12.9. The Hall–Kier alpha value is -5.40. The topological polar surface area (TPSA) is 230 Å². The van der Waals surface area contributed by atoms with Crippen molar-refractivity contribution in [2.24, 2.45) is 5.92 Å². The van der Waals surface area contributed by atoms with Crippen molar-refractivity contribution in [1.29, 1.82) is 0 Å². The van der Waals surface area contributed by atoms with Gasteiger partial charge in [0.15, 0.2) is 0 Å². The van der Waals surface area contributed by atoms with Crippen LogP contribution in [-0.4, -0.2) is 89.1 Å². The van der Waals surface area contributed by atoms with E-state index in [1.807, 2.05) is 27.7 Å². The summed E-state index contributed by atoms with van der Waals surface area (Å²) in [5.41, 5.74) is 0.681. The number of unbranched alkanes of at least 4 members (excludes halogenated alkanes) is 1. The van der Waals surface area contributed by atoms with Crippen LogP contribution in [0.1, 0.15) is 127 Å². The highest BCUT2D eigenvalue weighted by Crippen LogP contribution is 2.22. The molecule has 0 spiro atoms. The van der Waals surface area contributed by atoms with E-state index in [1.54, 1.807) is 121 Å². The van der Waals surface area contributed by atoms with Crippen LogP contribution in [0.4, 0.5) is 0 Å². The maximum absolute atomic E-state index is 10.2. The normalized spacial score (nSPS) is 11.5. The molecule has 0 aromatic heterocycles. The molecule has 4 rings (SSSR count). The molecule has 8 N–H and O–H groups in total. The van der Waals surface area contributed by atoms with Gasteiger partial charge in [-0.2, -0.15) is 0 Å². The first kappa shape index (κ1) is 54.7. The van der Waals surface area contributed by atoms with E-state index in [2.05, 4.69) is 6.92 Å². The van der Waals surface area contributed by atoms with Gasteiger partial charge in [0.2, 0.25) is 0 Å². The molecule has 0 saturated heterocycles. The highest BCUT2D eigenvalue weighted by molar-refractivity contribution is 5.88. The molecule has 3 atom stereocenters. The Labute approximate surface area is 343 Å². The van der Waals surface area contributed by atoms with Gasteiger partial charge in [0.1, 0.15) is 0 Å². The molecule has 0 aliphatic heterocycles. The second-order valence-corrected chi connectivity index (χ2v) is 12.9. The summed E-state index contributed by atoms with van der Waals surface area (Å²) in [6.07, 6.45) is 5.94. The lowest BCUT2D eigenvalue weighted by atomic mass is 9.90. The zero-order chi connectivity index (χ0) is 44.4. The van der Waals surface area contributed by atoms with Gasteiger partial charge < -0.3 is 40.9 Å². The first-order valence-electron chi connectivity index (χ1n) is 19.4. The van der Waals surface area contributed by atoms with Gasteiger partial charge >= 0.3 is 23.9 Å². The van der Waals surface area contributed by atoms with Crippen molar-refractivity contribution in [3.63, 3.8) is 0 Å². The van der Waals surface area contributed by atoms with Crippen molar-refractivity contribution in [1.82, 2.24) is 0 Å². The largest absolute Gasteiger partial charge is 0.478 e. The Kier molecular flexibility index (Phi) is 31.8. The monoisotopic (exact) mass is 808 g/mol. The Morgan fingerprint density at radius 1 is 0.517 bits per heavy atom. The van der Waals surface area contributed by atoms with Crippen molar-refractivity contribution in [3.05, 3.63) is 144 Å². The van der Waals surface area contributed by atoms with Gasteiger partial charge in [-0.25, -0.2) is 19.2 Å². The number of benzene rings is 4. The van der Waals surface area contributed by atoms with E-state index in [0.29, 0.717) is 28.7 Å². The standard InChI is InChI=1S/2C9H20O2.4C7H6O2/c1-4-8(10)7-9(11,5-2)6-3;1-3-5-6-8(7-10)9(11)4-2;4*8-7(9)6-4-2-1-3-5-6/h8,10-11H,4-7H2,1-3H3;8-11H,3-7H2,1-2H3;4*1-5H,(H,8,9). The maximum atomic E-state index is 10.2. The van der Waals surface area contributed by atoms with Gasteiger partial charge in [0.25, 0.3) is 0 Å². The van der Waals surface area contributed by atoms with Crippen LogP contribution in [0.25, 0.3) is 0 Å². The first-order valence-corrected chi connectivity index (χ1v) is 19.4. The lowest BCUT2D eigenvalue weighted by Gasteiger charge is -2.27. The summed E-state index contributed by atoms with van der Waals surface area (Å²) in [6.45, 7) is 10.0. The van der Waals surface area contributed by atoms with Gasteiger partial charge in [-0.3, -0.25) is 0 Å². The molecule has 0 aliphatic rings. The van der Waals surface area contributed by atoms with Crippen LogP contribution in [0.2, 0.25) is 0 Å². The molecule has 320 valence electrons. The summed E-state index contributed by atoms with van der Waals surface area (Å²) >= 11 is 0. The molecule has 3 unspecified atom stereocenters. The Balaban J connectivity index is 0. The van der Waals surface area contributed by atoms with Gasteiger partial charge in [-0.1, -0.05) is 120 Å². The molecule has 0 bridgehead atoms. The minimum atomic E-state index is -0.879. The van der Waals surface area contributed by atoms with Gasteiger partial charge in [0.05, 0.1) is 40.1 Å². The second kappa shape index (κ2) is 33.7. The SMILES string of the molecule is CCC(O)CC(O)(CC)CC.CCCCC(CO)C(O)CC.O=C(O)c1ccccc1.O=C(O)c1ccccc1.O=C(O)c1ccccc1.O=C(O)c1ccccc1. The van der Waals surface area contributed by atoms with Crippen molar-refractivity contribution in [2.75, 3.05) is 6.61 Å². The third-order valence-corrected chi connectivity index (χ3v) is 8.61. The minimum Gasteiger partial charge on any atom is -0.478 e. The van der Waals surface area contributed by atoms with Crippen LogP contribution in [0.5, 0.6) is 0 Å². The number of aromatic carboxylic acids is 4. The molecular weight excluding hydrogens is 744 g/mol. The van der Waals surface area contributed by atoms with Crippen LogP contribution >= 0.6 is 0 Å². The summed E-state index contributed by atoms with van der Waals surface area (Å²) < 4.78 is 0. The minimum absolute atomic E-state index is 0.0972. The van der Waals surface area contributed by atoms with Gasteiger partial charge in [-0.15, -0.1) is 0 Å². The van der Waals surface area contributed by atoms with E-state index >= 15 is 0 Å². The third-order valence-electron chi connectivity index (χ3n) is 8.61. The molecule has 0 saturated carbocycles. The summed E-state index contributed by atoms with van der Waals surface area (Å²) in [6, 6.07) is 33.2. The zero-order valence-electron chi connectivity index (χ0n) is 34.4.